The van der Waals surface area contributed by atoms with Crippen LogP contribution in [0.4, 0.5) is 5.95 Å². The Hall–Kier alpha value is -1.16. The minimum absolute atomic E-state index is 0.318. The summed E-state index contributed by atoms with van der Waals surface area (Å²) in [6.07, 6.45) is 0.916. The molecule has 0 aliphatic heterocycles. The number of hydrogen-bond donors (Lipinski definition) is 2. The Kier molecular flexibility index (Phi) is 3.19. The van der Waals surface area contributed by atoms with Gasteiger partial charge in [0.15, 0.2) is 0 Å². The highest BCUT2D eigenvalue weighted by molar-refractivity contribution is 5.22. The maximum Gasteiger partial charge on any atom is 0.220 e. The molecule has 4 heteroatoms. The highest BCUT2D eigenvalue weighted by Crippen LogP contribution is 2.08. The van der Waals surface area contributed by atoms with Crippen molar-refractivity contribution >= 4 is 5.95 Å². The smallest absolute Gasteiger partial charge is 0.220 e. The Bertz CT molecular complexity index is 283. The van der Waals surface area contributed by atoms with Crippen molar-refractivity contribution in [3.63, 3.8) is 0 Å². The highest BCUT2D eigenvalue weighted by atomic mass is 15.0. The number of nitrogen functional groups attached to an aromatic ring is 1. The van der Waals surface area contributed by atoms with Crippen LogP contribution in [-0.2, 0) is 13.0 Å². The molecule has 1 aromatic heterocycles. The maximum absolute atomic E-state index is 5.53. The van der Waals surface area contributed by atoms with Gasteiger partial charge in [0.25, 0.3) is 0 Å². The van der Waals surface area contributed by atoms with E-state index in [2.05, 4.69) is 23.8 Å². The summed E-state index contributed by atoms with van der Waals surface area (Å²) >= 11 is 0. The van der Waals surface area contributed by atoms with Crippen LogP contribution in [0.15, 0.2) is 6.07 Å². The number of hydrogen-bond acceptors (Lipinski definition) is 4. The van der Waals surface area contributed by atoms with Crippen molar-refractivity contribution in [1.82, 2.24) is 9.97 Å². The lowest BCUT2D eigenvalue weighted by molar-refractivity contribution is 0.633. The van der Waals surface area contributed by atoms with E-state index < -0.39 is 0 Å². The molecule has 0 unspecified atom stereocenters. The normalized spacial score (nSPS) is 10.8. The minimum atomic E-state index is 0.318. The molecule has 0 saturated carbocycles. The first-order chi connectivity index (χ1) is 6.11. The summed E-state index contributed by atoms with van der Waals surface area (Å²) in [6, 6.07) is 1.91. The van der Waals surface area contributed by atoms with Crippen LogP contribution in [-0.4, -0.2) is 9.97 Å². The van der Waals surface area contributed by atoms with E-state index in [0.29, 0.717) is 18.4 Å². The number of aromatic nitrogens is 2. The van der Waals surface area contributed by atoms with Gasteiger partial charge in [0, 0.05) is 12.2 Å². The van der Waals surface area contributed by atoms with Gasteiger partial charge in [-0.15, -0.1) is 0 Å². The van der Waals surface area contributed by atoms with Gasteiger partial charge >= 0.3 is 0 Å². The average Bonchev–Trinajstić information content (AvgIpc) is 2.01. The van der Waals surface area contributed by atoms with E-state index in [0.717, 1.165) is 17.8 Å². The quantitative estimate of drug-likeness (QED) is 0.718. The fourth-order valence-corrected chi connectivity index (χ4v) is 1.20. The SMILES string of the molecule is CC(C)Cc1cc(CN)nc(N)n1. The van der Waals surface area contributed by atoms with E-state index in [1.54, 1.807) is 0 Å². The number of rotatable bonds is 3. The van der Waals surface area contributed by atoms with Crippen LogP contribution in [0.3, 0.4) is 0 Å². The first-order valence-electron chi connectivity index (χ1n) is 4.44. The molecule has 0 radical (unpaired) electrons. The van der Waals surface area contributed by atoms with E-state index in [1.807, 2.05) is 6.07 Å². The monoisotopic (exact) mass is 180 g/mol. The molecule has 0 aromatic carbocycles. The molecule has 0 fully saturated rings. The van der Waals surface area contributed by atoms with Crippen molar-refractivity contribution in [2.24, 2.45) is 11.7 Å². The third-order valence-corrected chi connectivity index (χ3v) is 1.68. The third-order valence-electron chi connectivity index (χ3n) is 1.68. The van der Waals surface area contributed by atoms with Gasteiger partial charge in [0.2, 0.25) is 5.95 Å². The van der Waals surface area contributed by atoms with Gasteiger partial charge in [-0.25, -0.2) is 9.97 Å². The fourth-order valence-electron chi connectivity index (χ4n) is 1.20. The number of nitrogens with zero attached hydrogens (tertiary/aromatic N) is 2. The molecule has 4 nitrogen and oxygen atoms in total. The zero-order valence-corrected chi connectivity index (χ0v) is 8.12. The summed E-state index contributed by atoms with van der Waals surface area (Å²) < 4.78 is 0. The molecular weight excluding hydrogens is 164 g/mol. The predicted molar refractivity (Wildman–Crippen MR) is 52.9 cm³/mol. The summed E-state index contributed by atoms with van der Waals surface area (Å²) in [5.41, 5.74) is 12.8. The highest BCUT2D eigenvalue weighted by Gasteiger charge is 2.03. The first-order valence-corrected chi connectivity index (χ1v) is 4.44. The van der Waals surface area contributed by atoms with Crippen molar-refractivity contribution < 1.29 is 0 Å². The standard InChI is InChI=1S/C9H16N4/c1-6(2)3-7-4-8(5-10)13-9(11)12-7/h4,6H,3,5,10H2,1-2H3,(H2,11,12,13). The Balaban J connectivity index is 2.88. The second-order valence-electron chi connectivity index (χ2n) is 3.51. The predicted octanol–water partition coefficient (Wildman–Crippen LogP) is 0.716. The van der Waals surface area contributed by atoms with Crippen molar-refractivity contribution in [3.05, 3.63) is 17.5 Å². The summed E-state index contributed by atoms with van der Waals surface area (Å²) in [4.78, 5) is 8.13. The van der Waals surface area contributed by atoms with Gasteiger partial charge in [-0.05, 0) is 18.4 Å². The summed E-state index contributed by atoms with van der Waals surface area (Å²) in [6.45, 7) is 4.69. The molecule has 0 bridgehead atoms. The van der Waals surface area contributed by atoms with Crippen LogP contribution in [0, 0.1) is 5.92 Å². The van der Waals surface area contributed by atoms with E-state index >= 15 is 0 Å². The number of anilines is 1. The molecule has 1 aromatic rings. The Morgan fingerprint density at radius 1 is 1.31 bits per heavy atom. The average molecular weight is 180 g/mol. The van der Waals surface area contributed by atoms with Crippen molar-refractivity contribution in [2.45, 2.75) is 26.8 Å². The minimum Gasteiger partial charge on any atom is -0.368 e. The molecule has 0 saturated heterocycles. The lowest BCUT2D eigenvalue weighted by Crippen LogP contribution is -2.08. The molecule has 4 N–H and O–H groups in total. The molecule has 1 rings (SSSR count). The van der Waals surface area contributed by atoms with Gasteiger partial charge in [-0.3, -0.25) is 0 Å². The zero-order valence-electron chi connectivity index (χ0n) is 8.12. The zero-order chi connectivity index (χ0) is 9.84. The van der Waals surface area contributed by atoms with Crippen LogP contribution in [0.1, 0.15) is 25.2 Å². The molecule has 72 valence electrons. The lowest BCUT2D eigenvalue weighted by Gasteiger charge is -2.06. The first kappa shape index (κ1) is 9.92. The van der Waals surface area contributed by atoms with E-state index in [4.69, 9.17) is 11.5 Å². The molecule has 0 aliphatic carbocycles. The largest absolute Gasteiger partial charge is 0.368 e. The van der Waals surface area contributed by atoms with Crippen LogP contribution >= 0.6 is 0 Å². The number of nitrogens with two attached hydrogens (primary N) is 2. The molecule has 0 spiro atoms. The lowest BCUT2D eigenvalue weighted by atomic mass is 10.1. The van der Waals surface area contributed by atoms with Crippen LogP contribution in [0.5, 0.6) is 0 Å². The topological polar surface area (TPSA) is 77.8 Å². The Labute approximate surface area is 78.4 Å². The van der Waals surface area contributed by atoms with E-state index in [9.17, 15) is 0 Å². The summed E-state index contributed by atoms with van der Waals surface area (Å²) in [5, 5.41) is 0. The third kappa shape index (κ3) is 2.99. The van der Waals surface area contributed by atoms with Gasteiger partial charge < -0.3 is 11.5 Å². The van der Waals surface area contributed by atoms with Crippen LogP contribution in [0.25, 0.3) is 0 Å². The van der Waals surface area contributed by atoms with E-state index in [1.165, 1.54) is 0 Å². The van der Waals surface area contributed by atoms with Crippen molar-refractivity contribution in [1.29, 1.82) is 0 Å². The second kappa shape index (κ2) is 4.18. The molecule has 0 amide bonds. The van der Waals surface area contributed by atoms with E-state index in [-0.39, 0.29) is 0 Å². The Morgan fingerprint density at radius 2 is 1.92 bits per heavy atom. The van der Waals surface area contributed by atoms with Crippen LogP contribution < -0.4 is 11.5 Å². The van der Waals surface area contributed by atoms with Gasteiger partial charge in [0.05, 0.1) is 5.69 Å². The van der Waals surface area contributed by atoms with Crippen LogP contribution in [0.2, 0.25) is 0 Å². The summed E-state index contributed by atoms with van der Waals surface area (Å²) in [5.74, 6) is 0.888. The Morgan fingerprint density at radius 3 is 2.46 bits per heavy atom. The molecule has 1 heterocycles. The molecular formula is C9H16N4. The van der Waals surface area contributed by atoms with Gasteiger partial charge in [-0.1, -0.05) is 13.8 Å². The van der Waals surface area contributed by atoms with Crippen molar-refractivity contribution in [2.75, 3.05) is 5.73 Å². The molecule has 0 aliphatic rings. The maximum atomic E-state index is 5.53. The fraction of sp³-hybridized carbons (Fsp3) is 0.556. The van der Waals surface area contributed by atoms with Gasteiger partial charge in [0.1, 0.15) is 0 Å². The molecule has 0 atom stereocenters. The second-order valence-corrected chi connectivity index (χ2v) is 3.51. The molecule has 13 heavy (non-hydrogen) atoms. The van der Waals surface area contributed by atoms with Crippen molar-refractivity contribution in [3.8, 4) is 0 Å². The van der Waals surface area contributed by atoms with Gasteiger partial charge in [-0.2, -0.15) is 0 Å². The summed E-state index contributed by atoms with van der Waals surface area (Å²) in [7, 11) is 0.